The number of benzene rings is 3. The van der Waals surface area contributed by atoms with Crippen LogP contribution in [-0.4, -0.2) is 28.6 Å². The van der Waals surface area contributed by atoms with Gasteiger partial charge < -0.3 is 23.9 Å². The number of carbonyl (C=O) groups is 2. The van der Waals surface area contributed by atoms with Crippen LogP contribution in [0.5, 0.6) is 5.75 Å². The molecule has 0 saturated carbocycles. The summed E-state index contributed by atoms with van der Waals surface area (Å²) in [6, 6.07) is 17.9. The van der Waals surface area contributed by atoms with Crippen LogP contribution in [0.2, 0.25) is 0 Å². The lowest BCUT2D eigenvalue weighted by Gasteiger charge is -2.13. The van der Waals surface area contributed by atoms with E-state index in [4.69, 9.17) is 9.47 Å². The summed E-state index contributed by atoms with van der Waals surface area (Å²) in [5, 5.41) is 11.5. The molecular formula is C26H19N2O5-. The summed E-state index contributed by atoms with van der Waals surface area (Å²) in [4.78, 5) is 27.7. The van der Waals surface area contributed by atoms with Gasteiger partial charge in [-0.3, -0.25) is 0 Å². The van der Waals surface area contributed by atoms with Crippen molar-refractivity contribution in [1.82, 2.24) is 9.55 Å². The highest BCUT2D eigenvalue weighted by molar-refractivity contribution is 5.94. The molecule has 0 spiro atoms. The van der Waals surface area contributed by atoms with Crippen LogP contribution in [0, 0.1) is 0 Å². The first-order valence-electron chi connectivity index (χ1n) is 10.4. The summed E-state index contributed by atoms with van der Waals surface area (Å²) >= 11 is 0. The van der Waals surface area contributed by atoms with E-state index >= 15 is 0 Å². The Hall–Kier alpha value is -4.39. The van der Waals surface area contributed by atoms with Crippen molar-refractivity contribution in [1.29, 1.82) is 0 Å². The van der Waals surface area contributed by atoms with E-state index < -0.39 is 11.9 Å². The quantitative estimate of drug-likeness (QED) is 0.454. The van der Waals surface area contributed by atoms with Crippen molar-refractivity contribution in [2.45, 2.75) is 13.2 Å². The maximum Gasteiger partial charge on any atom is 0.337 e. The highest BCUT2D eigenvalue weighted by Gasteiger charge is 2.20. The van der Waals surface area contributed by atoms with Gasteiger partial charge in [0, 0.05) is 12.1 Å². The van der Waals surface area contributed by atoms with Gasteiger partial charge in [0.2, 0.25) is 0 Å². The highest BCUT2D eigenvalue weighted by Crippen LogP contribution is 2.37. The molecule has 0 atom stereocenters. The molecule has 3 aromatic carbocycles. The predicted octanol–water partition coefficient (Wildman–Crippen LogP) is 3.21. The number of ether oxygens (including phenoxy) is 2. The van der Waals surface area contributed by atoms with Crippen LogP contribution in [0.1, 0.15) is 37.4 Å². The lowest BCUT2D eigenvalue weighted by atomic mass is 9.93. The fourth-order valence-electron chi connectivity index (χ4n) is 4.07. The second kappa shape index (κ2) is 8.27. The van der Waals surface area contributed by atoms with Crippen molar-refractivity contribution < 1.29 is 24.2 Å². The van der Waals surface area contributed by atoms with E-state index in [9.17, 15) is 14.7 Å². The summed E-state index contributed by atoms with van der Waals surface area (Å²) in [5.41, 5.74) is 5.62. The average Bonchev–Trinajstić information content (AvgIpc) is 3.17. The van der Waals surface area contributed by atoms with Crippen molar-refractivity contribution in [3.05, 3.63) is 101 Å². The number of methoxy groups -OCH3 is 1. The molecule has 2 heterocycles. The number of carboxylic acid groups (broad SMARTS) is 1. The van der Waals surface area contributed by atoms with Gasteiger partial charge in [-0.2, -0.15) is 0 Å². The molecule has 0 bridgehead atoms. The van der Waals surface area contributed by atoms with E-state index in [1.54, 1.807) is 30.6 Å². The van der Waals surface area contributed by atoms with E-state index in [1.165, 1.54) is 13.2 Å². The monoisotopic (exact) mass is 439 g/mol. The fraction of sp³-hybridized carbons (Fsp3) is 0.115. The van der Waals surface area contributed by atoms with Gasteiger partial charge >= 0.3 is 5.97 Å². The first-order valence-corrected chi connectivity index (χ1v) is 10.4. The third-order valence-electron chi connectivity index (χ3n) is 5.73. The number of esters is 1. The van der Waals surface area contributed by atoms with Gasteiger partial charge in [0.25, 0.3) is 0 Å². The molecule has 0 radical (unpaired) electrons. The Kier molecular flexibility index (Phi) is 5.14. The molecule has 0 N–H and O–H groups in total. The van der Waals surface area contributed by atoms with Crippen molar-refractivity contribution in [3.8, 4) is 5.75 Å². The fourth-order valence-corrected chi connectivity index (χ4v) is 4.07. The zero-order valence-electron chi connectivity index (χ0n) is 17.8. The number of carbonyl (C=O) groups excluding carboxylic acids is 2. The Labute approximate surface area is 189 Å². The van der Waals surface area contributed by atoms with E-state index in [2.05, 4.69) is 4.98 Å². The van der Waals surface area contributed by atoms with Gasteiger partial charge in [-0.15, -0.1) is 0 Å². The number of imidazole rings is 1. The van der Waals surface area contributed by atoms with E-state index in [1.807, 2.05) is 41.0 Å². The van der Waals surface area contributed by atoms with Crippen LogP contribution in [0.15, 0.2) is 73.1 Å². The maximum atomic E-state index is 11.8. The van der Waals surface area contributed by atoms with Gasteiger partial charge in [-0.05, 0) is 58.7 Å². The number of allylic oxidation sites excluding steroid dienone is 1. The molecule has 33 heavy (non-hydrogen) atoms. The molecule has 7 nitrogen and oxygen atoms in total. The standard InChI is InChI=1S/C26H20N2O5/c1-32-26(31)17-6-8-23-22(13-17)27-15-28(23)11-10-20-19-5-3-2-4-18(19)14-33-24-9-7-16(25(29)30)12-21(20)24/h2-10,12-13,15H,11,14H2,1H3,(H,29,30)/p-1/b20-10+. The van der Waals surface area contributed by atoms with Gasteiger partial charge in [0.15, 0.2) is 0 Å². The first-order chi connectivity index (χ1) is 16.0. The number of rotatable bonds is 4. The Morgan fingerprint density at radius 3 is 2.73 bits per heavy atom. The molecule has 5 rings (SSSR count). The summed E-state index contributed by atoms with van der Waals surface area (Å²) < 4.78 is 12.7. The Morgan fingerprint density at radius 1 is 1.09 bits per heavy atom. The summed E-state index contributed by atoms with van der Waals surface area (Å²) in [5.74, 6) is -1.04. The largest absolute Gasteiger partial charge is 0.545 e. The Bertz CT molecular complexity index is 1430. The predicted molar refractivity (Wildman–Crippen MR) is 120 cm³/mol. The normalized spacial score (nSPS) is 13.7. The van der Waals surface area contributed by atoms with Gasteiger partial charge in [-0.1, -0.05) is 30.3 Å². The van der Waals surface area contributed by atoms with Gasteiger partial charge in [0.05, 0.1) is 36.0 Å². The molecule has 0 aliphatic carbocycles. The molecule has 164 valence electrons. The van der Waals surface area contributed by atoms with E-state index in [0.29, 0.717) is 35.5 Å². The SMILES string of the molecule is COC(=O)c1ccc2c(c1)ncn2C/C=C1\c2ccccc2COc2ccc(C(=O)[O-])cc21. The third-order valence-corrected chi connectivity index (χ3v) is 5.73. The molecule has 1 aliphatic heterocycles. The minimum absolute atomic E-state index is 0.0889. The Balaban J connectivity index is 1.60. The summed E-state index contributed by atoms with van der Waals surface area (Å²) in [7, 11) is 1.34. The number of nitrogens with zero attached hydrogens (tertiary/aromatic N) is 2. The van der Waals surface area contributed by atoms with Gasteiger partial charge in [0.1, 0.15) is 12.4 Å². The number of hydrogen-bond acceptors (Lipinski definition) is 6. The van der Waals surface area contributed by atoms with Crippen LogP contribution in [-0.2, 0) is 17.9 Å². The number of hydrogen-bond donors (Lipinski definition) is 0. The Morgan fingerprint density at radius 2 is 1.91 bits per heavy atom. The van der Waals surface area contributed by atoms with Crippen LogP contribution in [0.25, 0.3) is 16.6 Å². The second-order valence-corrected chi connectivity index (χ2v) is 7.65. The first kappa shape index (κ1) is 20.5. The van der Waals surface area contributed by atoms with Crippen LogP contribution in [0.4, 0.5) is 0 Å². The van der Waals surface area contributed by atoms with E-state index in [0.717, 1.165) is 22.2 Å². The summed E-state index contributed by atoms with van der Waals surface area (Å²) in [6.07, 6.45) is 3.74. The van der Waals surface area contributed by atoms with Crippen molar-refractivity contribution in [3.63, 3.8) is 0 Å². The number of aromatic nitrogens is 2. The van der Waals surface area contributed by atoms with Crippen molar-refractivity contribution in [2.75, 3.05) is 7.11 Å². The lowest BCUT2D eigenvalue weighted by molar-refractivity contribution is -0.255. The lowest BCUT2D eigenvalue weighted by Crippen LogP contribution is -2.22. The molecule has 1 aliphatic rings. The smallest absolute Gasteiger partial charge is 0.337 e. The zero-order chi connectivity index (χ0) is 22.9. The summed E-state index contributed by atoms with van der Waals surface area (Å²) in [6.45, 7) is 0.863. The zero-order valence-corrected chi connectivity index (χ0v) is 17.8. The maximum absolute atomic E-state index is 11.8. The molecule has 0 fully saturated rings. The van der Waals surface area contributed by atoms with Crippen LogP contribution in [0.3, 0.4) is 0 Å². The highest BCUT2D eigenvalue weighted by atomic mass is 16.5. The second-order valence-electron chi connectivity index (χ2n) is 7.65. The molecule has 0 saturated heterocycles. The molecule has 1 aromatic heterocycles. The molecule has 7 heteroatoms. The number of fused-ring (bicyclic) bond motifs is 3. The van der Waals surface area contributed by atoms with E-state index in [-0.39, 0.29) is 5.56 Å². The average molecular weight is 439 g/mol. The minimum atomic E-state index is -1.24. The van der Waals surface area contributed by atoms with Crippen LogP contribution < -0.4 is 9.84 Å². The topological polar surface area (TPSA) is 93.5 Å². The van der Waals surface area contributed by atoms with Crippen molar-refractivity contribution in [2.24, 2.45) is 0 Å². The number of aromatic carboxylic acids is 1. The molecule has 0 unspecified atom stereocenters. The van der Waals surface area contributed by atoms with Crippen LogP contribution >= 0.6 is 0 Å². The third kappa shape index (κ3) is 3.74. The van der Waals surface area contributed by atoms with Gasteiger partial charge in [-0.25, -0.2) is 9.78 Å². The molecular weight excluding hydrogens is 420 g/mol. The van der Waals surface area contributed by atoms with Crippen molar-refractivity contribution >= 4 is 28.5 Å². The molecule has 0 amide bonds. The number of carboxylic acids is 1. The molecule has 4 aromatic rings. The minimum Gasteiger partial charge on any atom is -0.545 e.